The zero-order valence-electron chi connectivity index (χ0n) is 18.6. The average Bonchev–Trinajstić information content (AvgIpc) is 2.85. The van der Waals surface area contributed by atoms with Crippen molar-refractivity contribution in [3.63, 3.8) is 0 Å². The molecule has 4 aromatic rings. The second kappa shape index (κ2) is 10.2. The Morgan fingerprint density at radius 3 is 1.70 bits per heavy atom. The summed E-state index contributed by atoms with van der Waals surface area (Å²) >= 11 is 0. The fourth-order valence-corrected chi connectivity index (χ4v) is 4.02. The topological polar surface area (TPSA) is 23.8 Å². The minimum Gasteiger partial charge on any atom is -0.205 e. The van der Waals surface area contributed by atoms with Gasteiger partial charge >= 0.3 is 0 Å². The van der Waals surface area contributed by atoms with Crippen molar-refractivity contribution in [2.75, 3.05) is 0 Å². The first-order valence-electron chi connectivity index (χ1n) is 11.3. The van der Waals surface area contributed by atoms with Crippen LogP contribution in [-0.2, 0) is 6.42 Å². The van der Waals surface area contributed by atoms with E-state index in [1.807, 2.05) is 18.2 Å². The number of unbranched alkanes of at least 4 members (excludes halogenated alkanes) is 2. The Morgan fingerprint density at radius 1 is 0.636 bits per heavy atom. The highest BCUT2D eigenvalue weighted by molar-refractivity contribution is 5.75. The quantitative estimate of drug-likeness (QED) is 0.266. The molecule has 1 nitrogen and oxygen atoms in total. The van der Waals surface area contributed by atoms with Crippen molar-refractivity contribution in [2.24, 2.45) is 0 Å². The number of hydrogen-bond donors (Lipinski definition) is 0. The molecule has 0 amide bonds. The Hall–Kier alpha value is -3.77. The van der Waals surface area contributed by atoms with Crippen LogP contribution >= 0.6 is 0 Å². The van der Waals surface area contributed by atoms with E-state index in [1.165, 1.54) is 42.5 Å². The molecule has 0 radical (unpaired) electrons. The number of aryl methyl sites for hydroxylation is 1. The van der Waals surface area contributed by atoms with Crippen molar-refractivity contribution in [3.05, 3.63) is 108 Å². The summed E-state index contributed by atoms with van der Waals surface area (Å²) in [6, 6.07) is 28.6. The molecule has 0 N–H and O–H groups in total. The summed E-state index contributed by atoms with van der Waals surface area (Å²) < 4.78 is 28.1. The van der Waals surface area contributed by atoms with Gasteiger partial charge in [0.05, 0.1) is 0 Å². The van der Waals surface area contributed by atoms with Crippen LogP contribution in [0.1, 0.15) is 37.3 Å². The number of hydrogen-bond acceptors (Lipinski definition) is 1. The number of benzene rings is 4. The van der Waals surface area contributed by atoms with Gasteiger partial charge in [-0.3, -0.25) is 0 Å². The lowest BCUT2D eigenvalue weighted by molar-refractivity contribution is 0.577. The molecule has 0 saturated heterocycles. The molecule has 0 saturated carbocycles. The minimum atomic E-state index is -0.848. The van der Waals surface area contributed by atoms with Crippen LogP contribution in [0.15, 0.2) is 84.9 Å². The van der Waals surface area contributed by atoms with Crippen molar-refractivity contribution in [1.82, 2.24) is 0 Å². The third-order valence-corrected chi connectivity index (χ3v) is 5.92. The van der Waals surface area contributed by atoms with Crippen LogP contribution in [0.4, 0.5) is 8.78 Å². The molecule has 0 bridgehead atoms. The zero-order chi connectivity index (χ0) is 23.2. The van der Waals surface area contributed by atoms with E-state index >= 15 is 0 Å². The maximum absolute atomic E-state index is 14.1. The van der Waals surface area contributed by atoms with Crippen molar-refractivity contribution in [2.45, 2.75) is 32.6 Å². The van der Waals surface area contributed by atoms with Gasteiger partial charge in [-0.15, -0.1) is 0 Å². The molecule has 0 fully saturated rings. The molecule has 4 rings (SSSR count). The van der Waals surface area contributed by atoms with Gasteiger partial charge < -0.3 is 0 Å². The molecule has 0 unspecified atom stereocenters. The molecular formula is C30H25F2N. The molecule has 164 valence electrons. The predicted molar refractivity (Wildman–Crippen MR) is 131 cm³/mol. The first-order valence-corrected chi connectivity index (χ1v) is 11.3. The van der Waals surface area contributed by atoms with E-state index in [2.05, 4.69) is 55.5 Å². The van der Waals surface area contributed by atoms with Gasteiger partial charge in [0.25, 0.3) is 0 Å². The Balaban J connectivity index is 1.55. The Bertz CT molecular complexity index is 1260. The maximum Gasteiger partial charge on any atom is 0.144 e. The lowest BCUT2D eigenvalue weighted by Crippen LogP contribution is -1.92. The number of nitriles is 1. The average molecular weight is 438 g/mol. The molecule has 0 aromatic heterocycles. The van der Waals surface area contributed by atoms with Gasteiger partial charge in [-0.05, 0) is 70.0 Å². The summed E-state index contributed by atoms with van der Waals surface area (Å²) in [6.07, 6.45) is 4.84. The monoisotopic (exact) mass is 437 g/mol. The second-order valence-electron chi connectivity index (χ2n) is 8.24. The van der Waals surface area contributed by atoms with Crippen LogP contribution in [-0.4, -0.2) is 0 Å². The fraction of sp³-hybridized carbons (Fsp3) is 0.167. The van der Waals surface area contributed by atoms with Crippen LogP contribution in [0.25, 0.3) is 33.4 Å². The smallest absolute Gasteiger partial charge is 0.144 e. The first-order chi connectivity index (χ1) is 16.1. The first kappa shape index (κ1) is 22.4. The molecule has 0 aliphatic rings. The summed E-state index contributed by atoms with van der Waals surface area (Å²) in [5.41, 5.74) is 6.21. The normalized spacial score (nSPS) is 10.7. The minimum absolute atomic E-state index is 0.404. The van der Waals surface area contributed by atoms with E-state index in [9.17, 15) is 8.78 Å². The van der Waals surface area contributed by atoms with E-state index in [1.54, 1.807) is 12.1 Å². The van der Waals surface area contributed by atoms with E-state index in [0.29, 0.717) is 11.1 Å². The lowest BCUT2D eigenvalue weighted by Gasteiger charge is -2.09. The van der Waals surface area contributed by atoms with Crippen molar-refractivity contribution >= 4 is 0 Å². The largest absolute Gasteiger partial charge is 0.205 e. The highest BCUT2D eigenvalue weighted by atomic mass is 19.1. The molecule has 33 heavy (non-hydrogen) atoms. The highest BCUT2D eigenvalue weighted by Gasteiger charge is 2.12. The van der Waals surface area contributed by atoms with Gasteiger partial charge in [0.1, 0.15) is 23.3 Å². The fourth-order valence-electron chi connectivity index (χ4n) is 4.02. The lowest BCUT2D eigenvalue weighted by atomic mass is 9.96. The Labute approximate surface area is 194 Å². The number of nitrogens with zero attached hydrogens (tertiary/aromatic N) is 1. The zero-order valence-corrected chi connectivity index (χ0v) is 18.6. The highest BCUT2D eigenvalue weighted by Crippen LogP contribution is 2.30. The summed E-state index contributed by atoms with van der Waals surface area (Å²) in [5.74, 6) is -1.70. The van der Waals surface area contributed by atoms with Gasteiger partial charge in [0.15, 0.2) is 0 Å². The van der Waals surface area contributed by atoms with E-state index in [0.717, 1.165) is 23.1 Å². The van der Waals surface area contributed by atoms with Crippen LogP contribution in [0, 0.1) is 23.0 Å². The molecule has 0 spiro atoms. The third kappa shape index (κ3) is 5.18. The maximum atomic E-state index is 14.1. The SMILES string of the molecule is CCCCCc1ccc(-c2ccc(-c3cccc(-c4cc(F)c(C#N)c(F)c4)c3)cc2)cc1. The summed E-state index contributed by atoms with van der Waals surface area (Å²) in [4.78, 5) is 0. The summed E-state index contributed by atoms with van der Waals surface area (Å²) in [7, 11) is 0. The van der Waals surface area contributed by atoms with Crippen LogP contribution in [0.5, 0.6) is 0 Å². The molecule has 4 aromatic carbocycles. The van der Waals surface area contributed by atoms with Crippen molar-refractivity contribution < 1.29 is 8.78 Å². The standard InChI is InChI=1S/C30H25F2N/c1-2-3-4-6-21-9-11-22(12-10-21)23-13-15-24(16-14-23)25-7-5-8-26(17-25)27-18-29(31)28(20-33)30(32)19-27/h5,7-19H,2-4,6H2,1H3. The van der Waals surface area contributed by atoms with E-state index in [-0.39, 0.29) is 0 Å². The molecule has 0 aliphatic heterocycles. The number of halogens is 2. The Morgan fingerprint density at radius 2 is 1.15 bits per heavy atom. The summed E-state index contributed by atoms with van der Waals surface area (Å²) in [5, 5.41) is 8.89. The second-order valence-corrected chi connectivity index (χ2v) is 8.24. The van der Waals surface area contributed by atoms with E-state index in [4.69, 9.17) is 5.26 Å². The molecule has 3 heteroatoms. The molecular weight excluding hydrogens is 412 g/mol. The van der Waals surface area contributed by atoms with Gasteiger partial charge in [0.2, 0.25) is 0 Å². The number of rotatable bonds is 7. The molecule has 0 heterocycles. The van der Waals surface area contributed by atoms with Crippen LogP contribution in [0.2, 0.25) is 0 Å². The van der Waals surface area contributed by atoms with Crippen molar-refractivity contribution in [3.8, 4) is 39.4 Å². The Kier molecular flexibility index (Phi) is 6.95. The third-order valence-electron chi connectivity index (χ3n) is 5.92. The van der Waals surface area contributed by atoms with Gasteiger partial charge in [-0.25, -0.2) is 8.78 Å². The predicted octanol–water partition coefficient (Wildman–Crippen LogP) is 8.57. The van der Waals surface area contributed by atoms with Gasteiger partial charge in [0, 0.05) is 0 Å². The van der Waals surface area contributed by atoms with Crippen LogP contribution < -0.4 is 0 Å². The molecule has 0 atom stereocenters. The summed E-state index contributed by atoms with van der Waals surface area (Å²) in [6.45, 7) is 2.22. The van der Waals surface area contributed by atoms with Crippen LogP contribution in [0.3, 0.4) is 0 Å². The van der Waals surface area contributed by atoms with Gasteiger partial charge in [-0.2, -0.15) is 5.26 Å². The van der Waals surface area contributed by atoms with E-state index < -0.39 is 17.2 Å². The molecule has 0 aliphatic carbocycles. The van der Waals surface area contributed by atoms with Crippen molar-refractivity contribution in [1.29, 1.82) is 5.26 Å². The van der Waals surface area contributed by atoms with Gasteiger partial charge in [-0.1, -0.05) is 86.5 Å².